The van der Waals surface area contributed by atoms with Gasteiger partial charge in [-0.2, -0.15) is 0 Å². The molecule has 4 nitrogen and oxygen atoms in total. The number of nitrogens with zero attached hydrogens (tertiary/aromatic N) is 1. The van der Waals surface area contributed by atoms with Crippen LogP contribution in [0.2, 0.25) is 5.02 Å². The summed E-state index contributed by atoms with van der Waals surface area (Å²) in [5, 5.41) is 3.83. The van der Waals surface area contributed by atoms with Crippen molar-refractivity contribution in [3.05, 3.63) is 22.8 Å². The van der Waals surface area contributed by atoms with Gasteiger partial charge in [0, 0.05) is 19.9 Å². The maximum atomic E-state index is 6.07. The van der Waals surface area contributed by atoms with Gasteiger partial charge in [-0.3, -0.25) is 0 Å². The molecule has 0 fully saturated rings. The Bertz CT molecular complexity index is 334. The molecule has 0 unspecified atom stereocenters. The van der Waals surface area contributed by atoms with Crippen LogP contribution >= 0.6 is 11.6 Å². The highest BCUT2D eigenvalue weighted by atomic mass is 35.5. The molecule has 0 bridgehead atoms. The normalized spacial score (nSPS) is 10.5. The first-order valence-electron chi connectivity index (χ1n) is 5.74. The van der Waals surface area contributed by atoms with Gasteiger partial charge in [-0.05, 0) is 24.6 Å². The summed E-state index contributed by atoms with van der Waals surface area (Å²) < 4.78 is 10.3. The molecule has 0 aliphatic carbocycles. The van der Waals surface area contributed by atoms with Gasteiger partial charge in [0.1, 0.15) is 11.6 Å². The number of hydrogen-bond donors (Lipinski definition) is 1. The van der Waals surface area contributed by atoms with Gasteiger partial charge in [0.25, 0.3) is 0 Å². The van der Waals surface area contributed by atoms with Crippen LogP contribution in [-0.2, 0) is 11.3 Å². The molecular formula is C12H19ClN2O2. The molecule has 0 saturated carbocycles. The molecule has 1 aromatic heterocycles. The van der Waals surface area contributed by atoms with Crippen molar-refractivity contribution in [2.75, 3.05) is 26.9 Å². The Morgan fingerprint density at radius 1 is 1.41 bits per heavy atom. The van der Waals surface area contributed by atoms with E-state index in [1.54, 1.807) is 13.3 Å². The number of hydrogen-bond acceptors (Lipinski definition) is 4. The number of pyridine rings is 1. The van der Waals surface area contributed by atoms with Crippen molar-refractivity contribution in [3.8, 4) is 5.88 Å². The largest absolute Gasteiger partial charge is 0.474 e. The number of methoxy groups -OCH3 is 1. The van der Waals surface area contributed by atoms with Crippen LogP contribution < -0.4 is 10.1 Å². The Labute approximate surface area is 107 Å². The van der Waals surface area contributed by atoms with Gasteiger partial charge < -0.3 is 14.8 Å². The molecule has 5 heteroatoms. The third kappa shape index (κ3) is 5.35. The maximum Gasteiger partial charge on any atom is 0.232 e. The minimum Gasteiger partial charge on any atom is -0.474 e. The zero-order valence-corrected chi connectivity index (χ0v) is 11.1. The number of aromatic nitrogens is 1. The predicted molar refractivity (Wildman–Crippen MR) is 68.6 cm³/mol. The van der Waals surface area contributed by atoms with Crippen LogP contribution in [0.5, 0.6) is 5.88 Å². The van der Waals surface area contributed by atoms with Crippen molar-refractivity contribution in [1.29, 1.82) is 0 Å². The van der Waals surface area contributed by atoms with E-state index < -0.39 is 0 Å². The fraction of sp³-hybridized carbons (Fsp3) is 0.583. The molecule has 1 rings (SSSR count). The molecule has 1 aromatic rings. The number of halogens is 1. The fourth-order valence-electron chi connectivity index (χ4n) is 1.30. The van der Waals surface area contributed by atoms with Gasteiger partial charge >= 0.3 is 0 Å². The summed E-state index contributed by atoms with van der Waals surface area (Å²) >= 11 is 6.07. The number of ether oxygens (including phenoxy) is 2. The Morgan fingerprint density at radius 2 is 2.24 bits per heavy atom. The van der Waals surface area contributed by atoms with E-state index in [1.165, 1.54) is 0 Å². The van der Waals surface area contributed by atoms with Crippen molar-refractivity contribution in [1.82, 2.24) is 10.3 Å². The van der Waals surface area contributed by atoms with Gasteiger partial charge in [-0.25, -0.2) is 4.98 Å². The minimum absolute atomic E-state index is 0.455. The second kappa shape index (κ2) is 8.28. The van der Waals surface area contributed by atoms with Crippen molar-refractivity contribution >= 4 is 11.6 Å². The Balaban J connectivity index is 2.47. The van der Waals surface area contributed by atoms with Crippen molar-refractivity contribution < 1.29 is 9.47 Å². The van der Waals surface area contributed by atoms with E-state index in [1.807, 2.05) is 6.07 Å². The maximum absolute atomic E-state index is 6.07. The number of rotatable bonds is 8. The lowest BCUT2D eigenvalue weighted by Crippen LogP contribution is -2.14. The second-order valence-electron chi connectivity index (χ2n) is 3.65. The van der Waals surface area contributed by atoms with E-state index in [4.69, 9.17) is 21.1 Å². The van der Waals surface area contributed by atoms with Gasteiger partial charge in [0.05, 0.1) is 6.61 Å². The van der Waals surface area contributed by atoms with Crippen LogP contribution in [-0.4, -0.2) is 31.9 Å². The zero-order valence-electron chi connectivity index (χ0n) is 10.3. The molecular weight excluding hydrogens is 240 g/mol. The van der Waals surface area contributed by atoms with Crippen LogP contribution in [0.15, 0.2) is 12.3 Å². The van der Waals surface area contributed by atoms with Crippen molar-refractivity contribution in [2.45, 2.75) is 19.9 Å². The van der Waals surface area contributed by atoms with E-state index in [-0.39, 0.29) is 0 Å². The average molecular weight is 259 g/mol. The lowest BCUT2D eigenvalue weighted by molar-refractivity contribution is 0.144. The predicted octanol–water partition coefficient (Wildman–Crippen LogP) is 2.26. The Morgan fingerprint density at radius 3 is 2.88 bits per heavy atom. The molecule has 0 radical (unpaired) electrons. The van der Waals surface area contributed by atoms with Crippen molar-refractivity contribution in [3.63, 3.8) is 0 Å². The van der Waals surface area contributed by atoms with Crippen LogP contribution in [0.3, 0.4) is 0 Å². The van der Waals surface area contributed by atoms with Crippen molar-refractivity contribution in [2.24, 2.45) is 0 Å². The molecule has 1 heterocycles. The number of nitrogens with one attached hydrogen (secondary N) is 1. The molecule has 0 aliphatic rings. The lowest BCUT2D eigenvalue weighted by Gasteiger charge is -2.08. The van der Waals surface area contributed by atoms with E-state index >= 15 is 0 Å². The molecule has 0 atom stereocenters. The molecule has 0 aliphatic heterocycles. The molecule has 0 spiro atoms. The van der Waals surface area contributed by atoms with Gasteiger partial charge in [-0.1, -0.05) is 18.5 Å². The quantitative estimate of drug-likeness (QED) is 0.727. The molecule has 1 N–H and O–H groups in total. The van der Waals surface area contributed by atoms with Crippen LogP contribution in [0, 0.1) is 0 Å². The molecule has 0 aromatic carbocycles. The van der Waals surface area contributed by atoms with E-state index in [0.29, 0.717) is 24.1 Å². The third-order valence-corrected chi connectivity index (χ3v) is 2.42. The Kier molecular flexibility index (Phi) is 6.93. The minimum atomic E-state index is 0.455. The van der Waals surface area contributed by atoms with Gasteiger partial charge in [0.2, 0.25) is 5.88 Å². The summed E-state index contributed by atoms with van der Waals surface area (Å²) in [5.41, 5.74) is 1.06. The Hall–Kier alpha value is -0.840. The monoisotopic (exact) mass is 258 g/mol. The highest BCUT2D eigenvalue weighted by Crippen LogP contribution is 2.22. The molecule has 0 saturated heterocycles. The summed E-state index contributed by atoms with van der Waals surface area (Å²) in [6.07, 6.45) is 2.88. The smallest absolute Gasteiger partial charge is 0.232 e. The SMILES string of the molecule is CCCNCc1cnc(OCCOC)c(Cl)c1. The van der Waals surface area contributed by atoms with E-state index in [0.717, 1.165) is 25.1 Å². The second-order valence-corrected chi connectivity index (χ2v) is 4.06. The van der Waals surface area contributed by atoms with E-state index in [2.05, 4.69) is 17.2 Å². The van der Waals surface area contributed by atoms with E-state index in [9.17, 15) is 0 Å². The average Bonchev–Trinajstić information content (AvgIpc) is 2.32. The topological polar surface area (TPSA) is 43.4 Å². The molecule has 17 heavy (non-hydrogen) atoms. The fourth-order valence-corrected chi connectivity index (χ4v) is 1.54. The third-order valence-electron chi connectivity index (χ3n) is 2.15. The van der Waals surface area contributed by atoms with Crippen LogP contribution in [0.4, 0.5) is 0 Å². The summed E-state index contributed by atoms with van der Waals surface area (Å²) in [6.45, 7) is 4.88. The standard InChI is InChI=1S/C12H19ClN2O2/c1-3-4-14-8-10-7-11(13)12(15-9-10)17-6-5-16-2/h7,9,14H,3-6,8H2,1-2H3. The highest BCUT2D eigenvalue weighted by molar-refractivity contribution is 6.31. The molecule has 0 amide bonds. The first-order chi connectivity index (χ1) is 8.27. The summed E-state index contributed by atoms with van der Waals surface area (Å²) in [7, 11) is 1.63. The van der Waals surface area contributed by atoms with Crippen LogP contribution in [0.25, 0.3) is 0 Å². The zero-order chi connectivity index (χ0) is 12.5. The first-order valence-corrected chi connectivity index (χ1v) is 6.12. The molecule has 96 valence electrons. The summed E-state index contributed by atoms with van der Waals surface area (Å²) in [5.74, 6) is 0.461. The first kappa shape index (κ1) is 14.2. The van der Waals surface area contributed by atoms with Gasteiger partial charge in [-0.15, -0.1) is 0 Å². The summed E-state index contributed by atoms with van der Waals surface area (Å²) in [4.78, 5) is 4.18. The lowest BCUT2D eigenvalue weighted by atomic mass is 10.3. The highest BCUT2D eigenvalue weighted by Gasteiger charge is 2.04. The van der Waals surface area contributed by atoms with Crippen LogP contribution in [0.1, 0.15) is 18.9 Å². The van der Waals surface area contributed by atoms with Gasteiger partial charge in [0.15, 0.2) is 0 Å². The summed E-state index contributed by atoms with van der Waals surface area (Å²) in [6, 6.07) is 1.87.